The van der Waals surface area contributed by atoms with Crippen molar-refractivity contribution in [2.45, 2.75) is 31.7 Å². The van der Waals surface area contributed by atoms with Crippen molar-refractivity contribution < 1.29 is 8.42 Å². The van der Waals surface area contributed by atoms with Crippen LogP contribution in [-0.2, 0) is 9.24 Å². The third-order valence-corrected chi connectivity index (χ3v) is 4.05. The molecule has 0 heterocycles. The molecule has 0 unspecified atom stereocenters. The van der Waals surface area contributed by atoms with E-state index in [1.807, 2.05) is 0 Å². The molecule has 12 heavy (non-hydrogen) atoms. The van der Waals surface area contributed by atoms with Crippen LogP contribution in [0.1, 0.15) is 25.7 Å². The normalized spacial score (nSPS) is 20.6. The molecule has 1 saturated carbocycles. The van der Waals surface area contributed by atoms with E-state index in [-0.39, 0.29) is 12.0 Å². The van der Waals surface area contributed by atoms with Gasteiger partial charge in [0.15, 0.2) is 0 Å². The van der Waals surface area contributed by atoms with Crippen LogP contribution in [0.5, 0.6) is 0 Å². The van der Waals surface area contributed by atoms with E-state index in [2.05, 4.69) is 0 Å². The Morgan fingerprint density at radius 2 is 1.83 bits per heavy atom. The summed E-state index contributed by atoms with van der Waals surface area (Å²) < 4.78 is 23.1. The SMILES string of the molecule is O=S(=O)(Cl)N(CCl)C1CCCC1. The first-order valence-corrected chi connectivity index (χ1v) is 6.63. The Balaban J connectivity index is 2.68. The van der Waals surface area contributed by atoms with Crippen molar-refractivity contribution in [2.75, 3.05) is 6.00 Å². The summed E-state index contributed by atoms with van der Waals surface area (Å²) >= 11 is 5.49. The Kier molecular flexibility index (Phi) is 3.64. The lowest BCUT2D eigenvalue weighted by molar-refractivity contribution is 0.368. The molecule has 0 aliphatic heterocycles. The summed E-state index contributed by atoms with van der Waals surface area (Å²) in [4.78, 5) is 0. The molecule has 0 amide bonds. The average Bonchev–Trinajstić information content (AvgIpc) is 2.38. The average molecular weight is 232 g/mol. The first-order chi connectivity index (χ1) is 5.55. The van der Waals surface area contributed by atoms with Gasteiger partial charge in [0.05, 0.1) is 6.00 Å². The minimum atomic E-state index is -3.62. The molecule has 1 aliphatic rings. The molecule has 0 radical (unpaired) electrons. The van der Waals surface area contributed by atoms with E-state index < -0.39 is 9.24 Å². The molecule has 1 aliphatic carbocycles. The van der Waals surface area contributed by atoms with Crippen LogP contribution in [0.25, 0.3) is 0 Å². The van der Waals surface area contributed by atoms with E-state index in [4.69, 9.17) is 22.3 Å². The maximum atomic E-state index is 11.0. The number of hydrogen-bond acceptors (Lipinski definition) is 2. The summed E-state index contributed by atoms with van der Waals surface area (Å²) in [7, 11) is 1.57. The van der Waals surface area contributed by atoms with Crippen molar-refractivity contribution in [3.63, 3.8) is 0 Å². The molecular weight excluding hydrogens is 221 g/mol. The minimum Gasteiger partial charge on any atom is -0.195 e. The van der Waals surface area contributed by atoms with E-state index in [0.717, 1.165) is 30.0 Å². The van der Waals surface area contributed by atoms with Crippen LogP contribution in [0.15, 0.2) is 0 Å². The van der Waals surface area contributed by atoms with Gasteiger partial charge >= 0.3 is 9.24 Å². The molecule has 0 saturated heterocycles. The maximum absolute atomic E-state index is 11.0. The van der Waals surface area contributed by atoms with Crippen molar-refractivity contribution in [3.05, 3.63) is 0 Å². The molecule has 0 aromatic heterocycles. The van der Waals surface area contributed by atoms with Crippen molar-refractivity contribution in [1.29, 1.82) is 0 Å². The molecule has 0 atom stereocenters. The highest BCUT2D eigenvalue weighted by Crippen LogP contribution is 2.26. The lowest BCUT2D eigenvalue weighted by Gasteiger charge is -2.21. The quantitative estimate of drug-likeness (QED) is 0.423. The van der Waals surface area contributed by atoms with Gasteiger partial charge in [0.25, 0.3) is 0 Å². The highest BCUT2D eigenvalue weighted by atomic mass is 35.7. The molecule has 0 aromatic carbocycles. The first-order valence-electron chi connectivity index (χ1n) is 3.83. The lowest BCUT2D eigenvalue weighted by atomic mass is 10.3. The van der Waals surface area contributed by atoms with Crippen LogP contribution in [-0.4, -0.2) is 24.8 Å². The van der Waals surface area contributed by atoms with Gasteiger partial charge in [0.2, 0.25) is 0 Å². The fourth-order valence-electron chi connectivity index (χ4n) is 1.53. The van der Waals surface area contributed by atoms with Gasteiger partial charge < -0.3 is 0 Å². The van der Waals surface area contributed by atoms with Gasteiger partial charge in [0, 0.05) is 16.7 Å². The molecule has 0 bridgehead atoms. The van der Waals surface area contributed by atoms with Gasteiger partial charge in [-0.2, -0.15) is 12.7 Å². The maximum Gasteiger partial charge on any atom is 0.301 e. The third-order valence-electron chi connectivity index (χ3n) is 2.13. The summed E-state index contributed by atoms with van der Waals surface area (Å²) in [5.41, 5.74) is 0. The fourth-order valence-corrected chi connectivity index (χ4v) is 3.42. The topological polar surface area (TPSA) is 37.4 Å². The van der Waals surface area contributed by atoms with Crippen molar-refractivity contribution >= 4 is 31.5 Å². The van der Waals surface area contributed by atoms with E-state index >= 15 is 0 Å². The predicted molar refractivity (Wildman–Crippen MR) is 49.6 cm³/mol. The number of nitrogens with zero attached hydrogens (tertiary/aromatic N) is 1. The second kappa shape index (κ2) is 4.13. The molecule has 0 aromatic rings. The van der Waals surface area contributed by atoms with Crippen LogP contribution >= 0.6 is 22.3 Å². The zero-order valence-corrected chi connectivity index (χ0v) is 8.87. The van der Waals surface area contributed by atoms with E-state index in [1.54, 1.807) is 0 Å². The monoisotopic (exact) mass is 231 g/mol. The Bertz CT molecular complexity index is 236. The van der Waals surface area contributed by atoms with E-state index in [0.29, 0.717) is 0 Å². The summed E-state index contributed by atoms with van der Waals surface area (Å²) in [5.74, 6) is 0. The smallest absolute Gasteiger partial charge is 0.195 e. The van der Waals surface area contributed by atoms with E-state index in [1.165, 1.54) is 0 Å². The number of rotatable bonds is 3. The highest BCUT2D eigenvalue weighted by molar-refractivity contribution is 8.11. The van der Waals surface area contributed by atoms with Gasteiger partial charge in [-0.15, -0.1) is 11.6 Å². The molecule has 72 valence electrons. The molecule has 0 spiro atoms. The third kappa shape index (κ3) is 2.49. The zero-order valence-electron chi connectivity index (χ0n) is 6.54. The van der Waals surface area contributed by atoms with Crippen LogP contribution in [0.4, 0.5) is 0 Å². The summed E-state index contributed by atoms with van der Waals surface area (Å²) in [6, 6.07) is -0.0266. The van der Waals surface area contributed by atoms with Crippen LogP contribution in [0.2, 0.25) is 0 Å². The molecule has 6 heteroatoms. The summed E-state index contributed by atoms with van der Waals surface area (Å²) in [6.45, 7) is 0. The second-order valence-electron chi connectivity index (χ2n) is 2.89. The van der Waals surface area contributed by atoms with Crippen molar-refractivity contribution in [1.82, 2.24) is 4.31 Å². The van der Waals surface area contributed by atoms with Gasteiger partial charge in [0.1, 0.15) is 0 Å². The van der Waals surface area contributed by atoms with Crippen LogP contribution < -0.4 is 0 Å². The molecule has 3 nitrogen and oxygen atoms in total. The molecule has 1 rings (SSSR count). The van der Waals surface area contributed by atoms with Crippen LogP contribution in [0.3, 0.4) is 0 Å². The Labute approximate surface area is 82.2 Å². The molecular formula is C6H11Cl2NO2S. The Hall–Kier alpha value is 0.490. The molecule has 0 N–H and O–H groups in total. The highest BCUT2D eigenvalue weighted by Gasteiger charge is 2.29. The largest absolute Gasteiger partial charge is 0.301 e. The first kappa shape index (κ1) is 10.6. The summed E-state index contributed by atoms with van der Waals surface area (Å²) in [6.07, 6.45) is 3.87. The van der Waals surface area contributed by atoms with Crippen molar-refractivity contribution in [2.24, 2.45) is 0 Å². The predicted octanol–water partition coefficient (Wildman–Crippen LogP) is 1.91. The number of alkyl halides is 1. The van der Waals surface area contributed by atoms with Crippen molar-refractivity contribution in [3.8, 4) is 0 Å². The minimum absolute atomic E-state index is 0.0185. The van der Waals surface area contributed by atoms with Gasteiger partial charge in [-0.3, -0.25) is 0 Å². The lowest BCUT2D eigenvalue weighted by Crippen LogP contribution is -2.34. The van der Waals surface area contributed by atoms with Gasteiger partial charge in [-0.1, -0.05) is 12.8 Å². The molecule has 1 fully saturated rings. The number of hydrogen-bond donors (Lipinski definition) is 0. The van der Waals surface area contributed by atoms with E-state index in [9.17, 15) is 8.42 Å². The Morgan fingerprint density at radius 1 is 1.33 bits per heavy atom. The standard InChI is InChI=1S/C6H11Cl2NO2S/c7-5-9(12(8,10)11)6-3-1-2-4-6/h6H,1-5H2. The summed E-state index contributed by atoms with van der Waals surface area (Å²) in [5, 5.41) is 0. The Morgan fingerprint density at radius 3 is 2.17 bits per heavy atom. The zero-order chi connectivity index (χ0) is 9.19. The fraction of sp³-hybridized carbons (Fsp3) is 1.00. The van der Waals surface area contributed by atoms with Crippen LogP contribution in [0, 0.1) is 0 Å². The second-order valence-corrected chi connectivity index (χ2v) is 5.59. The van der Waals surface area contributed by atoms with Gasteiger partial charge in [-0.05, 0) is 12.8 Å². The van der Waals surface area contributed by atoms with Gasteiger partial charge in [-0.25, -0.2) is 0 Å². The number of halogens is 2.